The monoisotopic (exact) mass is 953 g/mol. The first-order valence-electron chi connectivity index (χ1n) is 24.4. The Kier molecular flexibility index (Phi) is 16.5. The lowest BCUT2D eigenvalue weighted by Gasteiger charge is -2.42. The van der Waals surface area contributed by atoms with E-state index in [0.29, 0.717) is 59.4 Å². The topological polar surface area (TPSA) is 189 Å². The normalized spacial score (nSPS) is 22.1. The number of phenols is 2. The van der Waals surface area contributed by atoms with E-state index in [1.807, 2.05) is 13.8 Å². The minimum atomic E-state index is -1.27. The van der Waals surface area contributed by atoms with E-state index < -0.39 is 53.3 Å². The zero-order chi connectivity index (χ0) is 50.5. The molecule has 14 heteroatoms. The molecule has 374 valence electrons. The van der Waals surface area contributed by atoms with Gasteiger partial charge < -0.3 is 44.1 Å². The molecule has 5 atom stereocenters. The molecular formula is C55H72N2O12. The molecule has 0 radical (unpaired) electrons. The van der Waals surface area contributed by atoms with Gasteiger partial charge in [-0.1, -0.05) is 46.6 Å². The second kappa shape index (κ2) is 21.7. The highest BCUT2D eigenvalue weighted by Crippen LogP contribution is 2.49. The zero-order valence-corrected chi connectivity index (χ0v) is 42.2. The number of amides is 2. The second-order valence-electron chi connectivity index (χ2n) is 20.4. The van der Waals surface area contributed by atoms with Gasteiger partial charge in [-0.25, -0.2) is 4.79 Å². The van der Waals surface area contributed by atoms with E-state index in [1.165, 1.54) is 53.2 Å². The molecule has 0 aromatic heterocycles. The Morgan fingerprint density at radius 1 is 0.681 bits per heavy atom. The molecule has 0 saturated heterocycles. The number of hydrogen-bond donors (Lipinski definition) is 3. The van der Waals surface area contributed by atoms with Crippen LogP contribution in [0.5, 0.6) is 23.0 Å². The molecule has 2 amide bonds. The second-order valence-corrected chi connectivity index (χ2v) is 20.4. The van der Waals surface area contributed by atoms with Crippen LogP contribution in [-0.4, -0.2) is 90.8 Å². The summed E-state index contributed by atoms with van der Waals surface area (Å²) in [5.74, 6) is -2.73. The van der Waals surface area contributed by atoms with Crippen LogP contribution in [0.25, 0.3) is 0 Å². The molecule has 0 unspecified atom stereocenters. The predicted octanol–water partition coefficient (Wildman–Crippen LogP) is 10.1. The maximum atomic E-state index is 14.1. The van der Waals surface area contributed by atoms with Crippen LogP contribution >= 0.6 is 0 Å². The number of aliphatic carboxylic acids is 1. The fourth-order valence-electron chi connectivity index (χ4n) is 10.1. The number of carboxylic acid groups (broad SMARTS) is 1. The third-order valence-electron chi connectivity index (χ3n) is 14.1. The van der Waals surface area contributed by atoms with Gasteiger partial charge in [-0.3, -0.25) is 19.2 Å². The van der Waals surface area contributed by atoms with Crippen LogP contribution in [0.3, 0.4) is 0 Å². The number of phenolic OH excluding ortho intramolecular Hbond substituents is 2. The fourth-order valence-corrected chi connectivity index (χ4v) is 10.1. The van der Waals surface area contributed by atoms with Crippen LogP contribution in [0.4, 0.5) is 0 Å². The highest BCUT2D eigenvalue weighted by Gasteiger charge is 2.49. The quantitative estimate of drug-likeness (QED) is 0.0843. The summed E-state index contributed by atoms with van der Waals surface area (Å²) in [6.45, 7) is 19.1. The van der Waals surface area contributed by atoms with Crippen molar-refractivity contribution in [1.82, 2.24) is 9.80 Å². The number of esters is 2. The van der Waals surface area contributed by atoms with Gasteiger partial charge in [-0.2, -0.15) is 0 Å². The maximum Gasteiger partial charge on any atom is 0.326 e. The van der Waals surface area contributed by atoms with Gasteiger partial charge in [0, 0.05) is 55.5 Å². The molecule has 0 saturated carbocycles. The van der Waals surface area contributed by atoms with Crippen LogP contribution in [0.15, 0.2) is 58.7 Å². The van der Waals surface area contributed by atoms with Crippen molar-refractivity contribution in [3.8, 4) is 23.0 Å². The van der Waals surface area contributed by atoms with E-state index in [2.05, 4.69) is 65.8 Å². The Bertz CT molecular complexity index is 2470. The summed E-state index contributed by atoms with van der Waals surface area (Å²) >= 11 is 0. The Hall–Kier alpha value is -6.05. The molecule has 4 aliphatic heterocycles. The lowest BCUT2D eigenvalue weighted by atomic mass is 9.84. The number of hydrogen-bond acceptors (Lipinski definition) is 11. The van der Waals surface area contributed by atoms with Crippen LogP contribution in [0.1, 0.15) is 176 Å². The van der Waals surface area contributed by atoms with Crippen molar-refractivity contribution in [2.24, 2.45) is 0 Å². The molecule has 2 aromatic rings. The third kappa shape index (κ3) is 12.0. The largest absolute Gasteiger partial charge is 0.508 e. The Labute approximate surface area is 407 Å². The summed E-state index contributed by atoms with van der Waals surface area (Å²) in [6, 6.07) is 1.50. The summed E-state index contributed by atoms with van der Waals surface area (Å²) in [4.78, 5) is 68.5. The van der Waals surface area contributed by atoms with Gasteiger partial charge in [0.2, 0.25) is 0 Å². The number of allylic oxidation sites excluding steroid dienone is 8. The summed E-state index contributed by atoms with van der Waals surface area (Å²) in [5.41, 5.74) is 5.33. The van der Waals surface area contributed by atoms with Gasteiger partial charge in [0.1, 0.15) is 52.4 Å². The fraction of sp³-hybridized carbons (Fsp3) is 0.545. The van der Waals surface area contributed by atoms with Gasteiger partial charge in [0.25, 0.3) is 11.8 Å². The molecule has 0 fully saturated rings. The van der Waals surface area contributed by atoms with E-state index in [0.717, 1.165) is 25.7 Å². The molecule has 4 aliphatic rings. The average Bonchev–Trinajstić information content (AvgIpc) is 3.74. The number of nitrogens with zero attached hydrogens (tertiary/aromatic N) is 2. The molecular weight excluding hydrogens is 881 g/mol. The van der Waals surface area contributed by atoms with Crippen molar-refractivity contribution >= 4 is 29.7 Å². The molecule has 6 rings (SSSR count). The molecule has 0 bridgehead atoms. The highest BCUT2D eigenvalue weighted by molar-refractivity contribution is 6.02. The number of benzene rings is 2. The predicted molar refractivity (Wildman–Crippen MR) is 261 cm³/mol. The molecule has 14 nitrogen and oxygen atoms in total. The van der Waals surface area contributed by atoms with Crippen LogP contribution in [-0.2, 0) is 49.8 Å². The smallest absolute Gasteiger partial charge is 0.326 e. The standard InChI is InChI=1S/C55H72N2O12/c1-32(2)16-11-18-34(5)20-13-23-54(9)47(66-36(7)58)28-40-45(60)26-38-42(49(40)68-54)30-56(51(38)62)25-15-22-44(53(64)65)57-31-43-39(52(57)63)27-46(61)41-29-48(67-37(8)59)55(10,69-50(41)43)24-14-21-35(6)19-12-17-33(3)4/h16-17,20-21,26-27,44,47-48,60-61H,11-15,18-19,22-25,28-31H2,1-10H3,(H,64,65)/b34-20+,35-21+/t44-,47-,48-,54+,55+/m0/s1. The number of carboxylic acids is 1. The molecule has 3 N–H and O–H groups in total. The van der Waals surface area contributed by atoms with E-state index in [4.69, 9.17) is 18.9 Å². The van der Waals surface area contributed by atoms with E-state index >= 15 is 0 Å². The summed E-state index contributed by atoms with van der Waals surface area (Å²) < 4.78 is 25.0. The van der Waals surface area contributed by atoms with E-state index in [-0.39, 0.29) is 73.9 Å². The SMILES string of the molecule is CC(=O)O[C@H]1Cc2c(O)cc3c(c2O[C@]1(C)CC/C=C(\C)CCC=C(C)C)CN(CCC[C@@H](C(=O)O)N1Cc2c(cc(O)c4c2O[C@](C)(CC/C=C(\C)CCC=C(C)C)[C@@H](OC(C)=O)C4)C1=O)C3=O. The lowest BCUT2D eigenvalue weighted by molar-refractivity contribution is -0.161. The number of aromatic hydroxyl groups is 2. The number of carbonyl (C=O) groups excluding carboxylic acids is 4. The Balaban J connectivity index is 1.16. The lowest BCUT2D eigenvalue weighted by Crippen LogP contribution is -2.51. The number of carbonyl (C=O) groups is 5. The van der Waals surface area contributed by atoms with Gasteiger partial charge >= 0.3 is 17.9 Å². The zero-order valence-electron chi connectivity index (χ0n) is 42.2. The van der Waals surface area contributed by atoms with Gasteiger partial charge in [-0.15, -0.1) is 0 Å². The summed E-state index contributed by atoms with van der Waals surface area (Å²) in [5, 5.41) is 33.1. The minimum Gasteiger partial charge on any atom is -0.508 e. The summed E-state index contributed by atoms with van der Waals surface area (Å²) in [6.07, 6.45) is 13.9. The van der Waals surface area contributed by atoms with Crippen molar-refractivity contribution in [1.29, 1.82) is 0 Å². The van der Waals surface area contributed by atoms with Crippen LogP contribution < -0.4 is 9.47 Å². The van der Waals surface area contributed by atoms with Crippen molar-refractivity contribution in [2.45, 2.75) is 189 Å². The van der Waals surface area contributed by atoms with Crippen molar-refractivity contribution in [2.75, 3.05) is 6.54 Å². The highest BCUT2D eigenvalue weighted by atomic mass is 16.6. The molecule has 4 heterocycles. The van der Waals surface area contributed by atoms with Gasteiger partial charge in [0.15, 0.2) is 0 Å². The first-order chi connectivity index (χ1) is 32.5. The molecule has 0 aliphatic carbocycles. The third-order valence-corrected chi connectivity index (χ3v) is 14.1. The summed E-state index contributed by atoms with van der Waals surface area (Å²) in [7, 11) is 0. The van der Waals surface area contributed by atoms with E-state index in [1.54, 1.807) is 4.90 Å². The number of fused-ring (bicyclic) bond motifs is 6. The van der Waals surface area contributed by atoms with Crippen LogP contribution in [0, 0.1) is 0 Å². The average molecular weight is 953 g/mol. The number of ether oxygens (including phenoxy) is 4. The van der Waals surface area contributed by atoms with Gasteiger partial charge in [0.05, 0.1) is 24.2 Å². The van der Waals surface area contributed by atoms with E-state index in [9.17, 15) is 39.3 Å². The van der Waals surface area contributed by atoms with Crippen molar-refractivity contribution < 1.29 is 58.2 Å². The van der Waals surface area contributed by atoms with Crippen molar-refractivity contribution in [3.05, 3.63) is 92.1 Å². The Morgan fingerprint density at radius 2 is 1.13 bits per heavy atom. The van der Waals surface area contributed by atoms with Gasteiger partial charge in [-0.05, 0) is 132 Å². The molecule has 69 heavy (non-hydrogen) atoms. The van der Waals surface area contributed by atoms with Crippen molar-refractivity contribution in [3.63, 3.8) is 0 Å². The molecule has 2 aromatic carbocycles. The first-order valence-corrected chi connectivity index (χ1v) is 24.4. The minimum absolute atomic E-state index is 0.0129. The maximum absolute atomic E-state index is 14.1. The number of rotatable bonds is 20. The van der Waals surface area contributed by atoms with Crippen LogP contribution in [0.2, 0.25) is 0 Å². The molecule has 0 spiro atoms. The first kappa shape index (κ1) is 52.3. The Morgan fingerprint density at radius 3 is 1.57 bits per heavy atom.